The van der Waals surface area contributed by atoms with E-state index in [1.165, 1.54) is 22.8 Å². The van der Waals surface area contributed by atoms with E-state index in [-0.39, 0.29) is 22.7 Å². The average molecular weight is 260 g/mol. The van der Waals surface area contributed by atoms with Crippen LogP contribution in [0.15, 0.2) is 23.0 Å². The van der Waals surface area contributed by atoms with Crippen molar-refractivity contribution < 1.29 is 4.92 Å². The second kappa shape index (κ2) is 4.13. The summed E-state index contributed by atoms with van der Waals surface area (Å²) < 4.78 is 1.53. The fraction of sp³-hybridized carbons (Fsp3) is 0.333. The Morgan fingerprint density at radius 3 is 3.00 bits per heavy atom. The Hall–Kier alpha value is -2.28. The van der Waals surface area contributed by atoms with E-state index in [1.54, 1.807) is 0 Å². The van der Waals surface area contributed by atoms with Gasteiger partial charge in [-0.3, -0.25) is 19.5 Å². The Morgan fingerprint density at radius 1 is 1.47 bits per heavy atom. The summed E-state index contributed by atoms with van der Waals surface area (Å²) in [6.07, 6.45) is 1.61. The molecule has 2 heterocycles. The van der Waals surface area contributed by atoms with Gasteiger partial charge in [-0.1, -0.05) is 0 Å². The molecule has 0 unspecified atom stereocenters. The van der Waals surface area contributed by atoms with Gasteiger partial charge in [-0.25, -0.2) is 4.98 Å². The van der Waals surface area contributed by atoms with Gasteiger partial charge < -0.3 is 5.73 Å². The lowest BCUT2D eigenvalue weighted by atomic mass is 10.1. The largest absolute Gasteiger partial charge is 0.321 e. The number of non-ortho nitro benzene ring substituents is 1. The highest BCUT2D eigenvalue weighted by Gasteiger charge is 2.21. The Morgan fingerprint density at radius 2 is 2.26 bits per heavy atom. The van der Waals surface area contributed by atoms with Crippen LogP contribution in [0.2, 0.25) is 0 Å². The molecule has 98 valence electrons. The number of nitro groups is 1. The standard InChI is InChI=1S/C12H12N4O3/c13-9-2-1-5-15-11(9)14-10-4-3-7(16(18)19)6-8(10)12(15)17/h3-4,6,9H,1-2,5,13H2/t9-/m0/s1. The van der Waals surface area contributed by atoms with Crippen LogP contribution in [0, 0.1) is 10.1 Å². The lowest BCUT2D eigenvalue weighted by Gasteiger charge is -2.23. The molecular formula is C12H12N4O3. The van der Waals surface area contributed by atoms with Crippen LogP contribution < -0.4 is 11.3 Å². The Labute approximate surface area is 107 Å². The molecule has 0 radical (unpaired) electrons. The Bertz CT molecular complexity index is 738. The van der Waals surface area contributed by atoms with Crippen molar-refractivity contribution in [3.63, 3.8) is 0 Å². The van der Waals surface area contributed by atoms with Crippen LogP contribution in [-0.4, -0.2) is 14.5 Å². The number of hydrogen-bond donors (Lipinski definition) is 1. The number of benzene rings is 1. The van der Waals surface area contributed by atoms with Crippen molar-refractivity contribution in [1.82, 2.24) is 9.55 Å². The van der Waals surface area contributed by atoms with Crippen LogP contribution in [0.25, 0.3) is 10.9 Å². The second-order valence-corrected chi connectivity index (χ2v) is 4.63. The van der Waals surface area contributed by atoms with E-state index >= 15 is 0 Å². The number of hydrogen-bond acceptors (Lipinski definition) is 5. The zero-order chi connectivity index (χ0) is 13.6. The highest BCUT2D eigenvalue weighted by molar-refractivity contribution is 5.80. The quantitative estimate of drug-likeness (QED) is 0.610. The number of rotatable bonds is 1. The molecule has 1 aromatic carbocycles. The first-order valence-electron chi connectivity index (χ1n) is 6.02. The molecule has 0 fully saturated rings. The zero-order valence-electron chi connectivity index (χ0n) is 10.1. The van der Waals surface area contributed by atoms with Crippen molar-refractivity contribution in [2.45, 2.75) is 25.4 Å². The Kier molecular flexibility index (Phi) is 2.56. The third-order valence-electron chi connectivity index (χ3n) is 3.41. The summed E-state index contributed by atoms with van der Waals surface area (Å²) in [4.78, 5) is 26.9. The summed E-state index contributed by atoms with van der Waals surface area (Å²) in [5, 5.41) is 11.0. The van der Waals surface area contributed by atoms with Crippen molar-refractivity contribution in [3.8, 4) is 0 Å². The third kappa shape index (κ3) is 1.78. The summed E-state index contributed by atoms with van der Waals surface area (Å²) in [6.45, 7) is 0.563. The van der Waals surface area contributed by atoms with E-state index in [4.69, 9.17) is 5.73 Å². The summed E-state index contributed by atoms with van der Waals surface area (Å²) >= 11 is 0. The van der Waals surface area contributed by atoms with E-state index in [1.807, 2.05) is 0 Å². The topological polar surface area (TPSA) is 104 Å². The number of fused-ring (bicyclic) bond motifs is 2. The predicted molar refractivity (Wildman–Crippen MR) is 68.8 cm³/mol. The summed E-state index contributed by atoms with van der Waals surface area (Å²) in [7, 11) is 0. The predicted octanol–water partition coefficient (Wildman–Crippen LogP) is 1.10. The molecule has 0 aliphatic carbocycles. The third-order valence-corrected chi connectivity index (χ3v) is 3.41. The molecule has 0 saturated heterocycles. The monoisotopic (exact) mass is 260 g/mol. The van der Waals surface area contributed by atoms with E-state index < -0.39 is 4.92 Å². The van der Waals surface area contributed by atoms with Gasteiger partial charge in [-0.15, -0.1) is 0 Å². The number of nitro benzene ring substituents is 1. The van der Waals surface area contributed by atoms with Crippen LogP contribution in [0.5, 0.6) is 0 Å². The average Bonchev–Trinajstić information content (AvgIpc) is 2.40. The molecule has 2 N–H and O–H groups in total. The normalized spacial score (nSPS) is 18.3. The summed E-state index contributed by atoms with van der Waals surface area (Å²) in [6, 6.07) is 3.87. The van der Waals surface area contributed by atoms with Crippen LogP contribution in [0.1, 0.15) is 24.7 Å². The highest BCUT2D eigenvalue weighted by Crippen LogP contribution is 2.23. The number of aromatic nitrogens is 2. The highest BCUT2D eigenvalue weighted by atomic mass is 16.6. The molecule has 7 heteroatoms. The van der Waals surface area contributed by atoms with Crippen LogP contribution >= 0.6 is 0 Å². The van der Waals surface area contributed by atoms with Gasteiger partial charge in [0.05, 0.1) is 21.9 Å². The van der Waals surface area contributed by atoms with Crippen LogP contribution in [-0.2, 0) is 6.54 Å². The van der Waals surface area contributed by atoms with Crippen LogP contribution in [0.3, 0.4) is 0 Å². The number of nitrogens with two attached hydrogens (primary N) is 1. The molecule has 19 heavy (non-hydrogen) atoms. The molecule has 0 amide bonds. The first-order valence-corrected chi connectivity index (χ1v) is 6.02. The zero-order valence-corrected chi connectivity index (χ0v) is 10.1. The van der Waals surface area contributed by atoms with E-state index in [0.29, 0.717) is 17.9 Å². The maximum Gasteiger partial charge on any atom is 0.270 e. The number of nitrogens with zero attached hydrogens (tertiary/aromatic N) is 3. The molecule has 1 aliphatic rings. The molecular weight excluding hydrogens is 248 g/mol. The van der Waals surface area contributed by atoms with Crippen molar-refractivity contribution in [2.24, 2.45) is 5.73 Å². The molecule has 7 nitrogen and oxygen atoms in total. The maximum absolute atomic E-state index is 12.3. The van der Waals surface area contributed by atoms with Gasteiger partial charge in [0, 0.05) is 18.7 Å². The lowest BCUT2D eigenvalue weighted by Crippen LogP contribution is -2.33. The van der Waals surface area contributed by atoms with E-state index in [2.05, 4.69) is 4.98 Å². The van der Waals surface area contributed by atoms with E-state index in [0.717, 1.165) is 12.8 Å². The molecule has 0 saturated carbocycles. The fourth-order valence-corrected chi connectivity index (χ4v) is 2.44. The van der Waals surface area contributed by atoms with Gasteiger partial charge in [0.25, 0.3) is 11.2 Å². The van der Waals surface area contributed by atoms with Crippen molar-refractivity contribution in [1.29, 1.82) is 0 Å². The van der Waals surface area contributed by atoms with Crippen LogP contribution in [0.4, 0.5) is 5.69 Å². The SMILES string of the molecule is N[C@H]1CCCn2c1nc1ccc([N+](=O)[O-])cc1c2=O. The molecule has 1 aliphatic heterocycles. The Balaban J connectivity index is 2.33. The molecule has 0 bridgehead atoms. The minimum atomic E-state index is -0.519. The van der Waals surface area contributed by atoms with Gasteiger partial charge in [0.15, 0.2) is 0 Å². The fourth-order valence-electron chi connectivity index (χ4n) is 2.44. The smallest absolute Gasteiger partial charge is 0.270 e. The van der Waals surface area contributed by atoms with Crippen molar-refractivity contribution >= 4 is 16.6 Å². The molecule has 1 atom stereocenters. The van der Waals surface area contributed by atoms with Gasteiger partial charge >= 0.3 is 0 Å². The maximum atomic E-state index is 12.3. The van der Waals surface area contributed by atoms with Crippen molar-refractivity contribution in [2.75, 3.05) is 0 Å². The minimum absolute atomic E-state index is 0.105. The summed E-state index contributed by atoms with van der Waals surface area (Å²) in [5.74, 6) is 0.567. The summed E-state index contributed by atoms with van der Waals surface area (Å²) in [5.41, 5.74) is 6.06. The first kappa shape index (κ1) is 11.8. The van der Waals surface area contributed by atoms with Gasteiger partial charge in [0.2, 0.25) is 0 Å². The lowest BCUT2D eigenvalue weighted by molar-refractivity contribution is -0.384. The molecule has 0 spiro atoms. The van der Waals surface area contributed by atoms with Gasteiger partial charge in [-0.2, -0.15) is 0 Å². The molecule has 1 aromatic heterocycles. The molecule has 2 aromatic rings. The second-order valence-electron chi connectivity index (χ2n) is 4.63. The minimum Gasteiger partial charge on any atom is -0.321 e. The first-order chi connectivity index (χ1) is 9.08. The molecule has 3 rings (SSSR count). The van der Waals surface area contributed by atoms with Gasteiger partial charge in [0.1, 0.15) is 5.82 Å². The van der Waals surface area contributed by atoms with Crippen molar-refractivity contribution in [3.05, 3.63) is 44.5 Å². The van der Waals surface area contributed by atoms with E-state index in [9.17, 15) is 14.9 Å². The van der Waals surface area contributed by atoms with Gasteiger partial charge in [-0.05, 0) is 18.9 Å².